The van der Waals surface area contributed by atoms with Gasteiger partial charge in [0.2, 0.25) is 0 Å². The summed E-state index contributed by atoms with van der Waals surface area (Å²) in [4.78, 5) is 1.36. The van der Waals surface area contributed by atoms with Crippen LogP contribution in [-0.4, -0.2) is 154 Å². The molecule has 0 amide bonds. The van der Waals surface area contributed by atoms with Gasteiger partial charge in [-0.3, -0.25) is 4.90 Å². The van der Waals surface area contributed by atoms with E-state index in [0.717, 1.165) is 16.9 Å². The molecule has 13 nitrogen and oxygen atoms in total. The fraction of sp³-hybridized carbons (Fsp3) is 0.708. The van der Waals surface area contributed by atoms with Crippen LogP contribution in [0.3, 0.4) is 0 Å². The van der Waals surface area contributed by atoms with Crippen LogP contribution in [0.25, 0.3) is 0 Å². The Kier molecular flexibility index (Phi) is 19.5. The van der Waals surface area contributed by atoms with Crippen molar-refractivity contribution in [1.82, 2.24) is 4.90 Å². The largest absolute Gasteiger partial charge is 0.492 e. The van der Waals surface area contributed by atoms with Crippen molar-refractivity contribution < 1.29 is 60.9 Å². The van der Waals surface area contributed by atoms with E-state index in [1.807, 2.05) is 13.0 Å². The third kappa shape index (κ3) is 13.5. The van der Waals surface area contributed by atoms with Crippen molar-refractivity contribution >= 4 is 28.8 Å². The third-order valence-electron chi connectivity index (χ3n) is 5.88. The molecule has 1 aromatic carbocycles. The average molecular weight is 606 g/mol. The molecule has 15 heteroatoms. The summed E-state index contributed by atoms with van der Waals surface area (Å²) >= 11 is 0.776. The Balaban J connectivity index is 0.0000144. The molecule has 0 aromatic heterocycles. The number of ether oxygens (including phenoxy) is 1. The molecule has 0 radical (unpaired) electrons. The molecule has 0 aliphatic carbocycles. The van der Waals surface area contributed by atoms with E-state index in [4.69, 9.17) is 14.9 Å². The first-order chi connectivity index (χ1) is 17.9. The first kappa shape index (κ1) is 38.0. The van der Waals surface area contributed by atoms with Crippen LogP contribution in [0.15, 0.2) is 24.3 Å². The molecule has 0 aliphatic heterocycles. The van der Waals surface area contributed by atoms with Crippen LogP contribution in [0, 0.1) is 0 Å². The van der Waals surface area contributed by atoms with Gasteiger partial charge in [0, 0.05) is 25.4 Å². The fourth-order valence-electron chi connectivity index (χ4n) is 3.45. The van der Waals surface area contributed by atoms with Gasteiger partial charge in [0.15, 0.2) is 0 Å². The molecule has 1 rings (SSSR count). The van der Waals surface area contributed by atoms with Crippen molar-refractivity contribution in [3.05, 3.63) is 29.8 Å². The first-order valence-electron chi connectivity index (χ1n) is 12.3. The number of benzene rings is 1. The molecule has 0 saturated heterocycles. The van der Waals surface area contributed by atoms with Gasteiger partial charge in [-0.15, -0.1) is 12.4 Å². The minimum absolute atomic E-state index is 0. The minimum atomic E-state index is -1.86. The van der Waals surface area contributed by atoms with Crippen LogP contribution >= 0.6 is 23.8 Å². The lowest BCUT2D eigenvalue weighted by Gasteiger charge is -2.33. The molecule has 230 valence electrons. The molecular formula is C24H44ClNO12S. The number of nitrogens with zero attached hydrogens (tertiary/aromatic N) is 1. The molecule has 11 N–H and O–H groups in total. The second-order valence-electron chi connectivity index (χ2n) is 8.94. The second kappa shape index (κ2) is 20.0. The SMILES string of the molecule is CCC(O)=[SH]Cc1cccc(OCCN(C[C@H](O)[C@@H](O)[C@H](O)[C@H](O)CO)C[C@H](O)[C@@H](O)[C@H](O)[C@H](O)CO)c1.Cl. The molecule has 0 unspecified atom stereocenters. The van der Waals surface area contributed by atoms with Gasteiger partial charge >= 0.3 is 0 Å². The summed E-state index contributed by atoms with van der Waals surface area (Å²) in [5.41, 5.74) is 0.922. The third-order valence-corrected chi connectivity index (χ3v) is 7.08. The highest BCUT2D eigenvalue weighted by molar-refractivity contribution is 7.97. The highest BCUT2D eigenvalue weighted by Gasteiger charge is 2.34. The van der Waals surface area contributed by atoms with Crippen LogP contribution in [0.5, 0.6) is 5.75 Å². The van der Waals surface area contributed by atoms with E-state index in [0.29, 0.717) is 23.0 Å². The van der Waals surface area contributed by atoms with Gasteiger partial charge in [-0.1, -0.05) is 19.1 Å². The van der Waals surface area contributed by atoms with Crippen LogP contribution in [-0.2, 0) is 5.75 Å². The number of hydrogen-bond acceptors (Lipinski definition) is 12. The topological polar surface area (TPSA) is 235 Å². The maximum Gasteiger partial charge on any atom is 0.119 e. The quantitative estimate of drug-likeness (QED) is 0.0548. The Morgan fingerprint density at radius 3 is 1.77 bits per heavy atom. The van der Waals surface area contributed by atoms with Crippen LogP contribution in [0.2, 0.25) is 0 Å². The van der Waals surface area contributed by atoms with Gasteiger partial charge in [0.1, 0.15) is 49.0 Å². The predicted molar refractivity (Wildman–Crippen MR) is 148 cm³/mol. The summed E-state index contributed by atoms with van der Waals surface area (Å²) in [6.07, 6.45) is -13.6. The van der Waals surface area contributed by atoms with Crippen molar-refractivity contribution in [3.63, 3.8) is 0 Å². The summed E-state index contributed by atoms with van der Waals surface area (Å²) in [5.74, 6) is 1.10. The molecule has 0 fully saturated rings. The number of rotatable bonds is 19. The molecule has 39 heavy (non-hydrogen) atoms. The molecule has 0 bridgehead atoms. The molecule has 1 aromatic rings. The second-order valence-corrected chi connectivity index (χ2v) is 10.1. The number of hydrogen-bond donors (Lipinski definition) is 12. The Hall–Kier alpha value is -0.950. The van der Waals surface area contributed by atoms with E-state index in [2.05, 4.69) is 0 Å². The summed E-state index contributed by atoms with van der Waals surface area (Å²) in [6, 6.07) is 7.16. The normalized spacial score (nSPS) is 18.6. The van der Waals surface area contributed by atoms with Crippen molar-refractivity contribution in [1.29, 1.82) is 0 Å². The smallest absolute Gasteiger partial charge is 0.119 e. The minimum Gasteiger partial charge on any atom is -0.492 e. The Morgan fingerprint density at radius 1 is 0.821 bits per heavy atom. The van der Waals surface area contributed by atoms with Crippen molar-refractivity contribution in [2.45, 2.75) is 67.9 Å². The molecule has 8 atom stereocenters. The van der Waals surface area contributed by atoms with Gasteiger partial charge in [0.05, 0.1) is 30.5 Å². The van der Waals surface area contributed by atoms with Crippen LogP contribution in [0.1, 0.15) is 18.9 Å². The number of aliphatic hydroxyl groups is 11. The van der Waals surface area contributed by atoms with Crippen LogP contribution < -0.4 is 4.74 Å². The molecule has 0 heterocycles. The number of aliphatic hydroxyl groups excluding tert-OH is 11. The average Bonchev–Trinajstić information content (AvgIpc) is 2.93. The highest BCUT2D eigenvalue weighted by Crippen LogP contribution is 2.17. The molecule has 0 saturated carbocycles. The van der Waals surface area contributed by atoms with E-state index < -0.39 is 62.0 Å². The maximum absolute atomic E-state index is 10.4. The highest BCUT2D eigenvalue weighted by atomic mass is 35.5. The predicted octanol–water partition coefficient (Wildman–Crippen LogP) is -3.28. The van der Waals surface area contributed by atoms with Crippen LogP contribution in [0.4, 0.5) is 0 Å². The maximum atomic E-state index is 10.4. The fourth-order valence-corrected chi connectivity index (χ4v) is 4.23. The summed E-state index contributed by atoms with van der Waals surface area (Å²) < 4.78 is 5.75. The van der Waals surface area contributed by atoms with Gasteiger partial charge in [0.25, 0.3) is 0 Å². The Morgan fingerprint density at radius 2 is 1.31 bits per heavy atom. The lowest BCUT2D eigenvalue weighted by Crippen LogP contribution is -2.53. The van der Waals surface area contributed by atoms with Crippen molar-refractivity contribution in [2.75, 3.05) is 39.5 Å². The monoisotopic (exact) mass is 605 g/mol. The van der Waals surface area contributed by atoms with E-state index in [-0.39, 0.29) is 38.6 Å². The number of halogens is 1. The molecular weight excluding hydrogens is 562 g/mol. The Labute approximate surface area is 237 Å². The van der Waals surface area contributed by atoms with E-state index in [1.165, 1.54) is 4.90 Å². The Bertz CT molecular complexity index is 795. The zero-order valence-electron chi connectivity index (χ0n) is 21.7. The lowest BCUT2D eigenvalue weighted by atomic mass is 10.0. The van der Waals surface area contributed by atoms with Crippen molar-refractivity contribution in [2.24, 2.45) is 0 Å². The zero-order chi connectivity index (χ0) is 28.8. The van der Waals surface area contributed by atoms with Crippen molar-refractivity contribution in [3.8, 4) is 5.75 Å². The van der Waals surface area contributed by atoms with Gasteiger partial charge in [-0.25, -0.2) is 0 Å². The lowest BCUT2D eigenvalue weighted by molar-refractivity contribution is -0.130. The number of thiol groups is 1. The van der Waals surface area contributed by atoms with E-state index in [1.54, 1.807) is 18.2 Å². The molecule has 0 aliphatic rings. The molecule has 0 spiro atoms. The van der Waals surface area contributed by atoms with Gasteiger partial charge < -0.3 is 60.9 Å². The summed E-state index contributed by atoms with van der Waals surface area (Å²) in [6.45, 7) is -0.578. The first-order valence-corrected chi connectivity index (χ1v) is 13.4. The van der Waals surface area contributed by atoms with Gasteiger partial charge in [-0.05, 0) is 24.1 Å². The summed E-state index contributed by atoms with van der Waals surface area (Å²) in [7, 11) is 0. The van der Waals surface area contributed by atoms with E-state index >= 15 is 0 Å². The van der Waals surface area contributed by atoms with Gasteiger partial charge in [-0.2, -0.15) is 11.4 Å². The zero-order valence-corrected chi connectivity index (χ0v) is 23.4. The standard InChI is InChI=1S/C24H43NO12S.ClH/c1-2-20(32)38-13-14-4-3-5-15(8-14)37-7-6-25(9-16(28)21(33)23(35)18(30)11-26)10-17(29)22(34)24(36)19(31)12-27;/h3-5,8,16-19,21-24,26-36,38H,2,6-7,9-13H2,1H3;1H/t16-,17-,18+,19+,21+,22+,23+,24+;/m0./s1. The van der Waals surface area contributed by atoms with E-state index in [9.17, 15) is 46.0 Å². The summed E-state index contributed by atoms with van der Waals surface area (Å²) in [5, 5.41) is 108.